The van der Waals surface area contributed by atoms with E-state index in [1.54, 1.807) is 0 Å². The lowest BCUT2D eigenvalue weighted by Gasteiger charge is -2.24. The Labute approximate surface area is 111 Å². The topological polar surface area (TPSA) is 58.4 Å². The van der Waals surface area contributed by atoms with Crippen LogP contribution in [-0.4, -0.2) is 43.0 Å². The zero-order valence-corrected chi connectivity index (χ0v) is 12.1. The average Bonchev–Trinajstić information content (AvgIpc) is 2.90. The van der Waals surface area contributed by atoms with Crippen molar-refractivity contribution in [2.24, 2.45) is 11.7 Å². The minimum absolute atomic E-state index is 0.0100. The van der Waals surface area contributed by atoms with Crippen LogP contribution in [0.4, 0.5) is 0 Å². The molecule has 2 atom stereocenters. The number of carbonyl (C=O) groups excluding carboxylic acids is 1. The van der Waals surface area contributed by atoms with Gasteiger partial charge in [0.1, 0.15) is 0 Å². The number of nitrogens with zero attached hydrogens (tertiary/aromatic N) is 1. The van der Waals surface area contributed by atoms with Gasteiger partial charge in [-0.3, -0.25) is 4.79 Å². The second-order valence-electron chi connectivity index (χ2n) is 5.62. The van der Waals surface area contributed by atoms with E-state index >= 15 is 0 Å². The van der Waals surface area contributed by atoms with Crippen LogP contribution in [0.5, 0.6) is 0 Å². The van der Waals surface area contributed by atoms with Crippen LogP contribution in [0, 0.1) is 5.92 Å². The highest BCUT2D eigenvalue weighted by atomic mass is 16.2. The number of hydrogen-bond donors (Lipinski definition) is 2. The standard InChI is InChI=1S/C14H29N3O/c1-4-11(2)13(15)14(18)16-9-10-17(3)12-7-5-6-8-12/h11-13H,4-10,15H2,1-3H3,(H,16,18)/t11-,13-/m0/s1. The molecule has 1 fully saturated rings. The highest BCUT2D eigenvalue weighted by Crippen LogP contribution is 2.21. The number of hydrogen-bond acceptors (Lipinski definition) is 3. The van der Waals surface area contributed by atoms with Crippen LogP contribution in [-0.2, 0) is 4.79 Å². The highest BCUT2D eigenvalue weighted by Gasteiger charge is 2.21. The van der Waals surface area contributed by atoms with Crippen molar-refractivity contribution in [2.75, 3.05) is 20.1 Å². The molecule has 4 nitrogen and oxygen atoms in total. The molecule has 3 N–H and O–H groups in total. The second kappa shape index (κ2) is 7.74. The summed E-state index contributed by atoms with van der Waals surface area (Å²) in [6, 6.07) is 0.344. The maximum absolute atomic E-state index is 11.8. The zero-order chi connectivity index (χ0) is 13.5. The molecule has 4 heteroatoms. The Morgan fingerprint density at radius 2 is 2.06 bits per heavy atom. The molecule has 0 aromatic heterocycles. The van der Waals surface area contributed by atoms with Gasteiger partial charge >= 0.3 is 0 Å². The Hall–Kier alpha value is -0.610. The summed E-state index contributed by atoms with van der Waals surface area (Å²) in [5, 5.41) is 2.95. The van der Waals surface area contributed by atoms with E-state index in [1.165, 1.54) is 25.7 Å². The molecular weight excluding hydrogens is 226 g/mol. The normalized spacial score (nSPS) is 20.1. The SMILES string of the molecule is CC[C@H](C)[C@H](N)C(=O)NCCN(C)C1CCCC1. The maximum atomic E-state index is 11.8. The van der Waals surface area contributed by atoms with Crippen LogP contribution < -0.4 is 11.1 Å². The monoisotopic (exact) mass is 255 g/mol. The van der Waals surface area contributed by atoms with Gasteiger partial charge in [-0.25, -0.2) is 0 Å². The summed E-state index contributed by atoms with van der Waals surface area (Å²) >= 11 is 0. The number of carbonyl (C=O) groups is 1. The molecule has 0 aromatic carbocycles. The lowest BCUT2D eigenvalue weighted by atomic mass is 9.99. The van der Waals surface area contributed by atoms with E-state index in [0.717, 1.165) is 13.0 Å². The Morgan fingerprint density at radius 1 is 1.44 bits per heavy atom. The van der Waals surface area contributed by atoms with Crippen LogP contribution in [0.1, 0.15) is 46.0 Å². The van der Waals surface area contributed by atoms with E-state index in [4.69, 9.17) is 5.73 Å². The van der Waals surface area contributed by atoms with Crippen molar-refractivity contribution in [2.45, 2.75) is 58.0 Å². The van der Waals surface area contributed by atoms with Crippen molar-refractivity contribution in [3.63, 3.8) is 0 Å². The molecule has 1 aliphatic carbocycles. The van der Waals surface area contributed by atoms with E-state index in [9.17, 15) is 4.79 Å². The summed E-state index contributed by atoms with van der Waals surface area (Å²) < 4.78 is 0. The fourth-order valence-electron chi connectivity index (χ4n) is 2.51. The van der Waals surface area contributed by atoms with Gasteiger partial charge in [0.2, 0.25) is 5.91 Å². The number of nitrogens with one attached hydrogen (secondary N) is 1. The lowest BCUT2D eigenvalue weighted by Crippen LogP contribution is -2.47. The molecule has 0 aliphatic heterocycles. The summed E-state index contributed by atoms with van der Waals surface area (Å²) in [5.74, 6) is 0.238. The van der Waals surface area contributed by atoms with Crippen LogP contribution in [0.15, 0.2) is 0 Å². The molecule has 1 amide bonds. The van der Waals surface area contributed by atoms with Crippen LogP contribution >= 0.6 is 0 Å². The Bertz CT molecular complexity index is 251. The average molecular weight is 255 g/mol. The van der Waals surface area contributed by atoms with E-state index in [0.29, 0.717) is 12.6 Å². The van der Waals surface area contributed by atoms with Gasteiger partial charge in [-0.1, -0.05) is 33.1 Å². The van der Waals surface area contributed by atoms with Gasteiger partial charge in [-0.15, -0.1) is 0 Å². The van der Waals surface area contributed by atoms with Crippen molar-refractivity contribution in [3.8, 4) is 0 Å². The zero-order valence-electron chi connectivity index (χ0n) is 12.1. The van der Waals surface area contributed by atoms with Crippen molar-refractivity contribution >= 4 is 5.91 Å². The van der Waals surface area contributed by atoms with Crippen LogP contribution in [0.2, 0.25) is 0 Å². The summed E-state index contributed by atoms with van der Waals surface area (Å²) in [7, 11) is 2.15. The molecular formula is C14H29N3O. The third kappa shape index (κ3) is 4.58. The first kappa shape index (κ1) is 15.4. The molecule has 0 spiro atoms. The van der Waals surface area contributed by atoms with Crippen molar-refractivity contribution in [1.82, 2.24) is 10.2 Å². The van der Waals surface area contributed by atoms with Crippen LogP contribution in [0.25, 0.3) is 0 Å². The molecule has 0 aromatic rings. The maximum Gasteiger partial charge on any atom is 0.237 e. The fourth-order valence-corrected chi connectivity index (χ4v) is 2.51. The van der Waals surface area contributed by atoms with Gasteiger partial charge in [-0.2, -0.15) is 0 Å². The molecule has 0 unspecified atom stereocenters. The molecule has 0 heterocycles. The van der Waals surface area contributed by atoms with Gasteiger partial charge in [-0.05, 0) is 25.8 Å². The van der Waals surface area contributed by atoms with E-state index < -0.39 is 0 Å². The number of rotatable bonds is 7. The van der Waals surface area contributed by atoms with Gasteiger partial charge in [0.25, 0.3) is 0 Å². The predicted octanol–water partition coefficient (Wildman–Crippen LogP) is 1.35. The number of amides is 1. The van der Waals surface area contributed by atoms with E-state index in [-0.39, 0.29) is 17.9 Å². The molecule has 1 rings (SSSR count). The summed E-state index contributed by atoms with van der Waals surface area (Å²) in [5.41, 5.74) is 5.88. The predicted molar refractivity (Wildman–Crippen MR) is 75.3 cm³/mol. The highest BCUT2D eigenvalue weighted by molar-refractivity contribution is 5.81. The van der Waals surface area contributed by atoms with Crippen LogP contribution in [0.3, 0.4) is 0 Å². The lowest BCUT2D eigenvalue weighted by molar-refractivity contribution is -0.123. The van der Waals surface area contributed by atoms with Gasteiger partial charge in [0.15, 0.2) is 0 Å². The molecule has 18 heavy (non-hydrogen) atoms. The molecule has 0 saturated heterocycles. The van der Waals surface area contributed by atoms with Crippen molar-refractivity contribution < 1.29 is 4.79 Å². The smallest absolute Gasteiger partial charge is 0.237 e. The van der Waals surface area contributed by atoms with E-state index in [2.05, 4.69) is 24.2 Å². The second-order valence-corrected chi connectivity index (χ2v) is 5.62. The summed E-state index contributed by atoms with van der Waals surface area (Å²) in [6.07, 6.45) is 6.24. The molecule has 1 aliphatic rings. The fraction of sp³-hybridized carbons (Fsp3) is 0.929. The van der Waals surface area contributed by atoms with Crippen molar-refractivity contribution in [1.29, 1.82) is 0 Å². The summed E-state index contributed by atoms with van der Waals surface area (Å²) in [4.78, 5) is 14.2. The largest absolute Gasteiger partial charge is 0.353 e. The third-order valence-corrected chi connectivity index (χ3v) is 4.27. The number of likely N-dealkylation sites (N-methyl/N-ethyl adjacent to an activating group) is 1. The Kier molecular flexibility index (Phi) is 6.65. The van der Waals surface area contributed by atoms with Gasteiger partial charge in [0.05, 0.1) is 6.04 Å². The first-order valence-electron chi connectivity index (χ1n) is 7.29. The first-order valence-corrected chi connectivity index (χ1v) is 7.29. The number of nitrogens with two attached hydrogens (primary N) is 1. The minimum atomic E-state index is -0.369. The van der Waals surface area contributed by atoms with Gasteiger partial charge < -0.3 is 16.0 Å². The van der Waals surface area contributed by atoms with E-state index in [1.807, 2.05) is 6.92 Å². The molecule has 0 bridgehead atoms. The third-order valence-electron chi connectivity index (χ3n) is 4.27. The Morgan fingerprint density at radius 3 is 2.61 bits per heavy atom. The molecule has 1 saturated carbocycles. The first-order chi connectivity index (χ1) is 8.56. The molecule has 0 radical (unpaired) electrons. The van der Waals surface area contributed by atoms with Crippen molar-refractivity contribution in [3.05, 3.63) is 0 Å². The Balaban J connectivity index is 2.18. The molecule has 106 valence electrons. The van der Waals surface area contributed by atoms with Gasteiger partial charge in [0, 0.05) is 19.1 Å². The minimum Gasteiger partial charge on any atom is -0.353 e. The summed E-state index contributed by atoms with van der Waals surface area (Å²) in [6.45, 7) is 5.71. The quantitative estimate of drug-likeness (QED) is 0.722.